The van der Waals surface area contributed by atoms with Crippen LogP contribution in [0.25, 0.3) is 55.7 Å². The average molecular weight is 562 g/mol. The van der Waals surface area contributed by atoms with Gasteiger partial charge in [-0.05, 0) is 49.2 Å². The lowest BCUT2D eigenvalue weighted by Gasteiger charge is -2.20. The summed E-state index contributed by atoms with van der Waals surface area (Å²) in [7, 11) is 1.51. The number of halogens is 1. The number of amides is 1. The maximum atomic E-state index is 14.3. The fraction of sp³-hybridized carbons (Fsp3) is 0.219. The molecule has 1 aliphatic rings. The minimum Gasteiger partial charge on any atom is -0.497 e. The molecule has 5 heterocycles. The lowest BCUT2D eigenvalue weighted by Crippen LogP contribution is -2.24. The largest absolute Gasteiger partial charge is 0.497 e. The molecule has 3 N–H and O–H groups in total. The summed E-state index contributed by atoms with van der Waals surface area (Å²) in [5.41, 5.74) is 6.49. The molecule has 10 heteroatoms. The lowest BCUT2D eigenvalue weighted by molar-refractivity contribution is -0.120. The zero-order valence-electron chi connectivity index (χ0n) is 22.9. The summed E-state index contributed by atoms with van der Waals surface area (Å²) in [6.45, 7) is 0. The van der Waals surface area contributed by atoms with Crippen molar-refractivity contribution in [1.29, 1.82) is 0 Å². The van der Waals surface area contributed by atoms with Gasteiger partial charge in [-0.15, -0.1) is 0 Å². The third kappa shape index (κ3) is 4.85. The van der Waals surface area contributed by atoms with Crippen LogP contribution in [0, 0.1) is 11.7 Å². The Labute approximate surface area is 240 Å². The molecule has 42 heavy (non-hydrogen) atoms. The number of anilines is 1. The standard InChI is InChI=1S/C32H28FN7O2/c1-42-23-11-19(9-21(33)12-23)30-24-14-28(38-26(24)7-8-35-30)31-25-13-27(36-17-29(25)39-40-31)20-10-22(16-34-15-20)37-32(41)18-5-3-2-4-6-18/h7-18,38H,2-6H2,1H3,(H,37,41)(H,39,40). The molecule has 7 rings (SSSR count). The Bertz CT molecular complexity index is 1940. The summed E-state index contributed by atoms with van der Waals surface area (Å²) in [6, 6.07) is 12.2. The third-order valence-corrected chi connectivity index (χ3v) is 7.91. The molecule has 5 aromatic heterocycles. The highest BCUT2D eigenvalue weighted by Gasteiger charge is 2.21. The molecule has 1 fully saturated rings. The molecule has 0 unspecified atom stereocenters. The Hall–Kier alpha value is -5.12. The number of carbonyl (C=O) groups is 1. The smallest absolute Gasteiger partial charge is 0.227 e. The number of benzene rings is 1. The molecule has 0 spiro atoms. The number of aromatic amines is 2. The Morgan fingerprint density at radius 3 is 2.64 bits per heavy atom. The highest BCUT2D eigenvalue weighted by molar-refractivity contribution is 6.00. The highest BCUT2D eigenvalue weighted by atomic mass is 19.1. The van der Waals surface area contributed by atoms with Crippen LogP contribution in [0.5, 0.6) is 5.75 Å². The number of pyridine rings is 3. The van der Waals surface area contributed by atoms with E-state index in [0.717, 1.165) is 58.7 Å². The maximum absolute atomic E-state index is 14.3. The van der Waals surface area contributed by atoms with Crippen molar-refractivity contribution in [1.82, 2.24) is 30.1 Å². The summed E-state index contributed by atoms with van der Waals surface area (Å²) in [4.78, 5) is 29.8. The first-order valence-corrected chi connectivity index (χ1v) is 14.0. The van der Waals surface area contributed by atoms with Gasteiger partial charge in [-0.25, -0.2) is 4.39 Å². The second-order valence-corrected chi connectivity index (χ2v) is 10.7. The quantitative estimate of drug-likeness (QED) is 0.203. The second kappa shape index (κ2) is 10.7. The number of hydrogen-bond donors (Lipinski definition) is 3. The molecule has 0 bridgehead atoms. The maximum Gasteiger partial charge on any atom is 0.227 e. The van der Waals surface area contributed by atoms with Gasteiger partial charge in [0.1, 0.15) is 17.3 Å². The van der Waals surface area contributed by atoms with Gasteiger partial charge in [-0.2, -0.15) is 5.10 Å². The number of fused-ring (bicyclic) bond motifs is 2. The van der Waals surface area contributed by atoms with Crippen molar-refractivity contribution < 1.29 is 13.9 Å². The van der Waals surface area contributed by atoms with Gasteiger partial charge in [0.15, 0.2) is 0 Å². The summed E-state index contributed by atoms with van der Waals surface area (Å²) >= 11 is 0. The molecule has 0 saturated heterocycles. The van der Waals surface area contributed by atoms with Crippen molar-refractivity contribution in [3.8, 4) is 39.7 Å². The van der Waals surface area contributed by atoms with E-state index in [1.807, 2.05) is 24.3 Å². The predicted octanol–water partition coefficient (Wildman–Crippen LogP) is 6.90. The van der Waals surface area contributed by atoms with E-state index in [1.54, 1.807) is 30.9 Å². The first kappa shape index (κ1) is 25.8. The van der Waals surface area contributed by atoms with Crippen LogP contribution in [0.15, 0.2) is 67.3 Å². The van der Waals surface area contributed by atoms with Crippen LogP contribution in [0.2, 0.25) is 0 Å². The zero-order valence-corrected chi connectivity index (χ0v) is 22.9. The van der Waals surface area contributed by atoms with Gasteiger partial charge in [0, 0.05) is 51.8 Å². The monoisotopic (exact) mass is 561 g/mol. The Morgan fingerprint density at radius 1 is 0.929 bits per heavy atom. The first-order valence-electron chi connectivity index (χ1n) is 14.0. The van der Waals surface area contributed by atoms with Gasteiger partial charge in [0.05, 0.1) is 47.8 Å². The van der Waals surface area contributed by atoms with E-state index in [0.29, 0.717) is 34.1 Å². The highest BCUT2D eigenvalue weighted by Crippen LogP contribution is 2.35. The molecule has 1 amide bonds. The number of ether oxygens (including phenoxy) is 1. The SMILES string of the molecule is COc1cc(F)cc(-c2nccc3[nH]c(-c4n[nH]c5cnc(-c6cncc(NC(=O)C7CCCCC7)c6)cc45)cc23)c1. The Morgan fingerprint density at radius 2 is 1.79 bits per heavy atom. The number of carbonyl (C=O) groups excluding carboxylic acids is 1. The summed E-state index contributed by atoms with van der Waals surface area (Å²) in [6.07, 6.45) is 12.1. The molecule has 1 aliphatic carbocycles. The van der Waals surface area contributed by atoms with Crippen LogP contribution in [0.3, 0.4) is 0 Å². The molecule has 0 atom stereocenters. The topological polar surface area (TPSA) is 121 Å². The molecule has 0 radical (unpaired) electrons. The van der Waals surface area contributed by atoms with E-state index in [-0.39, 0.29) is 11.8 Å². The van der Waals surface area contributed by atoms with Crippen molar-refractivity contribution in [2.75, 3.05) is 12.4 Å². The minimum absolute atomic E-state index is 0.0542. The lowest BCUT2D eigenvalue weighted by atomic mass is 9.88. The van der Waals surface area contributed by atoms with Crippen molar-refractivity contribution in [2.24, 2.45) is 5.92 Å². The summed E-state index contributed by atoms with van der Waals surface area (Å²) in [5.74, 6) is 0.133. The van der Waals surface area contributed by atoms with Gasteiger partial charge < -0.3 is 15.0 Å². The number of nitrogens with one attached hydrogen (secondary N) is 3. The summed E-state index contributed by atoms with van der Waals surface area (Å²) in [5, 5.41) is 12.4. The molecule has 1 aromatic carbocycles. The van der Waals surface area contributed by atoms with Gasteiger partial charge in [-0.1, -0.05) is 19.3 Å². The average Bonchev–Trinajstić information content (AvgIpc) is 3.65. The molecule has 210 valence electrons. The van der Waals surface area contributed by atoms with Crippen molar-refractivity contribution in [2.45, 2.75) is 32.1 Å². The molecular weight excluding hydrogens is 533 g/mol. The Kier molecular flexibility index (Phi) is 6.58. The van der Waals surface area contributed by atoms with Crippen molar-refractivity contribution >= 4 is 33.4 Å². The number of aromatic nitrogens is 6. The molecule has 0 aliphatic heterocycles. The third-order valence-electron chi connectivity index (χ3n) is 7.91. The second-order valence-electron chi connectivity index (χ2n) is 10.7. The van der Waals surface area contributed by atoms with E-state index in [1.165, 1.54) is 25.7 Å². The van der Waals surface area contributed by atoms with E-state index in [9.17, 15) is 9.18 Å². The van der Waals surface area contributed by atoms with Gasteiger partial charge in [0.2, 0.25) is 5.91 Å². The zero-order chi connectivity index (χ0) is 28.6. The molecule has 9 nitrogen and oxygen atoms in total. The van der Waals surface area contributed by atoms with Crippen LogP contribution in [0.4, 0.5) is 10.1 Å². The number of H-pyrrole nitrogens is 2. The molecular formula is C32H28FN7O2. The van der Waals surface area contributed by atoms with Crippen LogP contribution >= 0.6 is 0 Å². The van der Waals surface area contributed by atoms with E-state index in [4.69, 9.17) is 4.74 Å². The minimum atomic E-state index is -0.399. The summed E-state index contributed by atoms with van der Waals surface area (Å²) < 4.78 is 19.6. The number of hydrogen-bond acceptors (Lipinski definition) is 6. The van der Waals surface area contributed by atoms with Crippen LogP contribution in [-0.2, 0) is 4.79 Å². The van der Waals surface area contributed by atoms with Gasteiger partial charge in [0.25, 0.3) is 0 Å². The fourth-order valence-electron chi connectivity index (χ4n) is 5.77. The van der Waals surface area contributed by atoms with Crippen molar-refractivity contribution in [3.63, 3.8) is 0 Å². The fourth-order valence-corrected chi connectivity index (χ4v) is 5.77. The van der Waals surface area contributed by atoms with E-state index < -0.39 is 5.82 Å². The molecule has 1 saturated carbocycles. The van der Waals surface area contributed by atoms with E-state index in [2.05, 4.69) is 35.5 Å². The van der Waals surface area contributed by atoms with Crippen LogP contribution in [-0.4, -0.2) is 43.2 Å². The van der Waals surface area contributed by atoms with Crippen LogP contribution in [0.1, 0.15) is 32.1 Å². The Balaban J connectivity index is 1.23. The number of methoxy groups -OCH3 is 1. The van der Waals surface area contributed by atoms with Crippen molar-refractivity contribution in [3.05, 3.63) is 73.1 Å². The normalized spacial score (nSPS) is 14.0. The van der Waals surface area contributed by atoms with Crippen LogP contribution < -0.4 is 10.1 Å². The first-order chi connectivity index (χ1) is 20.6. The molecule has 6 aromatic rings. The van der Waals surface area contributed by atoms with Gasteiger partial charge in [-0.3, -0.25) is 24.8 Å². The predicted molar refractivity (Wildman–Crippen MR) is 159 cm³/mol. The van der Waals surface area contributed by atoms with Gasteiger partial charge >= 0.3 is 0 Å². The number of nitrogens with zero attached hydrogens (tertiary/aromatic N) is 4. The van der Waals surface area contributed by atoms with E-state index >= 15 is 0 Å². The number of rotatable bonds is 6.